The third kappa shape index (κ3) is 7.31. The van der Waals surface area contributed by atoms with Crippen molar-refractivity contribution in [2.24, 2.45) is 0 Å². The predicted molar refractivity (Wildman–Crippen MR) is 293 cm³/mol. The molecular weight excluding hydrogens is 827 g/mol. The first kappa shape index (κ1) is 46.6. The molecule has 2 nitrogen and oxygen atoms in total. The summed E-state index contributed by atoms with van der Waals surface area (Å²) in [4.78, 5) is 5.20. The predicted octanol–water partition coefficient (Wildman–Crippen LogP) is 16.2. The van der Waals surface area contributed by atoms with E-state index in [-0.39, 0.29) is 50.4 Å². The molecule has 0 radical (unpaired) electrons. The minimum Gasteiger partial charge on any atom is -0.311 e. The third-order valence-electron chi connectivity index (χ3n) is 17.1. The topological polar surface area (TPSA) is 6.48 Å². The van der Waals surface area contributed by atoms with Crippen molar-refractivity contribution in [1.29, 1.82) is 0 Å². The van der Waals surface area contributed by atoms with Gasteiger partial charge in [0.05, 0.1) is 5.69 Å². The number of rotatable bonds is 3. The molecule has 4 aliphatic rings. The number of hydrogen-bond acceptors (Lipinski definition) is 2. The summed E-state index contributed by atoms with van der Waals surface area (Å²) in [5, 5.41) is 0. The fraction of sp³-hybridized carbons (Fsp3) is 0.438. The molecule has 352 valence electrons. The molecule has 0 spiro atoms. The van der Waals surface area contributed by atoms with Crippen LogP contribution in [-0.2, 0) is 37.9 Å². The molecule has 0 amide bonds. The second-order valence-electron chi connectivity index (χ2n) is 27.0. The van der Waals surface area contributed by atoms with E-state index in [9.17, 15) is 0 Å². The Morgan fingerprint density at radius 1 is 0.412 bits per heavy atom. The molecule has 2 heterocycles. The first-order chi connectivity index (χ1) is 31.5. The molecule has 68 heavy (non-hydrogen) atoms. The smallest absolute Gasteiger partial charge is 0.252 e. The van der Waals surface area contributed by atoms with Crippen molar-refractivity contribution < 1.29 is 4.39 Å². The maximum atomic E-state index is 16.5. The van der Waals surface area contributed by atoms with Crippen LogP contribution in [0.5, 0.6) is 0 Å². The SMILES string of the molecule is CC(C)(C)c1ccc2c(c1)B1c3cc4c(cc3N(c3ccc5c(c3)C(C)(C)CCC5(C)C)c3cc(C(C)(C)C)cc(c31)N2c1ccc(C(C)(C)C)cc1-c1ccccc1F)C(C)(C)CCC4(C)C. The first-order valence-electron chi connectivity index (χ1n) is 25.7. The Morgan fingerprint density at radius 3 is 1.47 bits per heavy atom. The summed E-state index contributed by atoms with van der Waals surface area (Å²) in [5.41, 5.74) is 22.0. The van der Waals surface area contributed by atoms with Crippen LogP contribution >= 0.6 is 0 Å². The van der Waals surface area contributed by atoms with Gasteiger partial charge in [-0.1, -0.05) is 166 Å². The average molecular weight is 903 g/mol. The summed E-state index contributed by atoms with van der Waals surface area (Å²) in [6.07, 6.45) is 4.63. The van der Waals surface area contributed by atoms with Gasteiger partial charge in [0.15, 0.2) is 0 Å². The van der Waals surface area contributed by atoms with Gasteiger partial charge in [0.25, 0.3) is 6.71 Å². The fourth-order valence-corrected chi connectivity index (χ4v) is 12.3. The third-order valence-corrected chi connectivity index (χ3v) is 17.1. The summed E-state index contributed by atoms with van der Waals surface area (Å²) in [6, 6.07) is 39.2. The molecular formula is C64H76BFN2. The molecule has 0 unspecified atom stereocenters. The highest BCUT2D eigenvalue weighted by atomic mass is 19.1. The largest absolute Gasteiger partial charge is 0.311 e. The molecule has 6 aromatic rings. The highest BCUT2D eigenvalue weighted by Crippen LogP contribution is 2.54. The Morgan fingerprint density at radius 2 is 0.897 bits per heavy atom. The highest BCUT2D eigenvalue weighted by Gasteiger charge is 2.48. The lowest BCUT2D eigenvalue weighted by Crippen LogP contribution is -2.62. The molecule has 2 aliphatic heterocycles. The van der Waals surface area contributed by atoms with Gasteiger partial charge in [-0.2, -0.15) is 0 Å². The zero-order valence-corrected chi connectivity index (χ0v) is 44.5. The lowest BCUT2D eigenvalue weighted by Gasteiger charge is -2.48. The van der Waals surface area contributed by atoms with Gasteiger partial charge in [0.1, 0.15) is 5.82 Å². The molecule has 0 N–H and O–H groups in total. The molecule has 4 heteroatoms. The van der Waals surface area contributed by atoms with Gasteiger partial charge < -0.3 is 9.80 Å². The van der Waals surface area contributed by atoms with Crippen LogP contribution in [0.4, 0.5) is 38.5 Å². The van der Waals surface area contributed by atoms with Crippen molar-refractivity contribution in [3.8, 4) is 11.1 Å². The van der Waals surface area contributed by atoms with E-state index in [1.54, 1.807) is 12.1 Å². The normalized spacial score (nSPS) is 18.6. The van der Waals surface area contributed by atoms with Crippen molar-refractivity contribution in [2.45, 2.75) is 181 Å². The van der Waals surface area contributed by atoms with Gasteiger partial charge in [-0.25, -0.2) is 4.39 Å². The minimum atomic E-state index is -0.211. The van der Waals surface area contributed by atoms with Crippen molar-refractivity contribution in [3.05, 3.63) is 148 Å². The summed E-state index contributed by atoms with van der Waals surface area (Å²) in [7, 11) is 0. The lowest BCUT2D eigenvalue weighted by molar-refractivity contribution is 0.332. The van der Waals surface area contributed by atoms with E-state index in [1.807, 2.05) is 12.1 Å². The molecule has 0 saturated heterocycles. The van der Waals surface area contributed by atoms with Gasteiger partial charge in [0.2, 0.25) is 0 Å². The van der Waals surface area contributed by atoms with E-state index in [0.29, 0.717) is 5.56 Å². The van der Waals surface area contributed by atoms with Crippen molar-refractivity contribution in [2.75, 3.05) is 9.80 Å². The molecule has 0 saturated carbocycles. The van der Waals surface area contributed by atoms with Gasteiger partial charge in [-0.05, 0) is 174 Å². The Hall–Kier alpha value is -5.09. The molecule has 0 aromatic heterocycles. The van der Waals surface area contributed by atoms with Crippen LogP contribution in [0.15, 0.2) is 103 Å². The fourth-order valence-electron chi connectivity index (χ4n) is 12.3. The van der Waals surface area contributed by atoms with E-state index in [2.05, 4.69) is 206 Å². The summed E-state index contributed by atoms with van der Waals surface area (Å²) in [6.45, 7) is 40.4. The van der Waals surface area contributed by atoms with Crippen LogP contribution in [0, 0.1) is 5.82 Å². The quantitative estimate of drug-likeness (QED) is 0.163. The molecule has 2 aliphatic carbocycles. The van der Waals surface area contributed by atoms with Gasteiger partial charge >= 0.3 is 0 Å². The van der Waals surface area contributed by atoms with E-state index < -0.39 is 0 Å². The van der Waals surface area contributed by atoms with Crippen LogP contribution in [0.25, 0.3) is 11.1 Å². The second kappa shape index (κ2) is 15.0. The zero-order chi connectivity index (χ0) is 49.1. The van der Waals surface area contributed by atoms with E-state index >= 15 is 4.39 Å². The summed E-state index contributed by atoms with van der Waals surface area (Å²) < 4.78 is 16.5. The Kier molecular flexibility index (Phi) is 10.3. The molecule has 0 atom stereocenters. The minimum absolute atomic E-state index is 0.0194. The molecule has 6 aromatic carbocycles. The number of fused-ring (bicyclic) bond motifs is 6. The maximum absolute atomic E-state index is 16.5. The van der Waals surface area contributed by atoms with Crippen LogP contribution in [0.1, 0.15) is 182 Å². The van der Waals surface area contributed by atoms with Gasteiger partial charge in [0, 0.05) is 39.6 Å². The van der Waals surface area contributed by atoms with Gasteiger partial charge in [-0.15, -0.1) is 0 Å². The van der Waals surface area contributed by atoms with Crippen molar-refractivity contribution in [3.63, 3.8) is 0 Å². The number of hydrogen-bond donors (Lipinski definition) is 0. The van der Waals surface area contributed by atoms with Crippen LogP contribution < -0.4 is 26.2 Å². The first-order valence-corrected chi connectivity index (χ1v) is 25.7. The van der Waals surface area contributed by atoms with Crippen molar-refractivity contribution >= 4 is 57.2 Å². The molecule has 0 fully saturated rings. The molecule has 10 rings (SSSR count). The van der Waals surface area contributed by atoms with Crippen LogP contribution in [0.2, 0.25) is 0 Å². The van der Waals surface area contributed by atoms with Crippen molar-refractivity contribution in [1.82, 2.24) is 0 Å². The van der Waals surface area contributed by atoms with E-state index in [0.717, 1.165) is 36.2 Å². The number of nitrogens with zero attached hydrogens (tertiary/aromatic N) is 2. The lowest BCUT2D eigenvalue weighted by atomic mass is 9.32. The zero-order valence-electron chi connectivity index (χ0n) is 44.5. The van der Waals surface area contributed by atoms with E-state index in [4.69, 9.17) is 0 Å². The summed E-state index contributed by atoms with van der Waals surface area (Å²) >= 11 is 0. The number of halogens is 1. The monoisotopic (exact) mass is 903 g/mol. The maximum Gasteiger partial charge on any atom is 0.252 e. The Balaban J connectivity index is 1.38. The number of anilines is 6. The number of benzene rings is 6. The van der Waals surface area contributed by atoms with E-state index in [1.165, 1.54) is 84.5 Å². The Bertz CT molecular complexity index is 3050. The molecule has 0 bridgehead atoms. The van der Waals surface area contributed by atoms with Crippen LogP contribution in [-0.4, -0.2) is 6.71 Å². The highest BCUT2D eigenvalue weighted by molar-refractivity contribution is 7.00. The average Bonchev–Trinajstić information content (AvgIpc) is 3.25. The van der Waals surface area contributed by atoms with Crippen LogP contribution in [0.3, 0.4) is 0 Å². The Labute approximate surface area is 409 Å². The second-order valence-corrected chi connectivity index (χ2v) is 27.0. The summed E-state index contributed by atoms with van der Waals surface area (Å²) in [5.74, 6) is -0.211. The standard InChI is InChI=1S/C64H76BFN2/c1-58(2,3)39-22-26-52(44(32-39)43-20-18-19-21-51(43)66)68-53-27-23-40(59(4,5)6)33-49(53)65-50-37-47-48(64(16,17)31-30-63(47,14)15)38-54(50)67(55-34-41(60(7,8)9)35-56(68)57(55)65)42-24-25-45-46(36-42)62(12,13)29-28-61(45,10)11/h18-27,32-38H,28-31H2,1-17H3. The van der Waals surface area contributed by atoms with Gasteiger partial charge in [-0.3, -0.25) is 0 Å².